The van der Waals surface area contributed by atoms with Crippen LogP contribution in [-0.2, 0) is 10.0 Å². The summed E-state index contributed by atoms with van der Waals surface area (Å²) < 4.78 is 25.4. The van der Waals surface area contributed by atoms with E-state index in [0.717, 1.165) is 25.7 Å². The molecule has 78 valence electrons. The summed E-state index contributed by atoms with van der Waals surface area (Å²) in [5.41, 5.74) is 0. The molecule has 1 fully saturated rings. The van der Waals surface area contributed by atoms with Gasteiger partial charge in [0.2, 0.25) is 10.0 Å². The van der Waals surface area contributed by atoms with Gasteiger partial charge in [-0.3, -0.25) is 0 Å². The van der Waals surface area contributed by atoms with Gasteiger partial charge in [0, 0.05) is 0 Å². The molecule has 1 rings (SSSR count). The van der Waals surface area contributed by atoms with Crippen LogP contribution in [0.25, 0.3) is 0 Å². The maximum absolute atomic E-state index is 11.5. The van der Waals surface area contributed by atoms with Crippen molar-refractivity contribution in [2.75, 3.05) is 7.05 Å². The van der Waals surface area contributed by atoms with E-state index < -0.39 is 10.0 Å². The zero-order chi connectivity index (χ0) is 9.73. The summed E-state index contributed by atoms with van der Waals surface area (Å²) in [4.78, 5) is 0. The highest BCUT2D eigenvalue weighted by Crippen LogP contribution is 2.21. The second kappa shape index (κ2) is 4.96. The molecule has 1 aliphatic rings. The highest BCUT2D eigenvalue weighted by molar-refractivity contribution is 7.90. The lowest BCUT2D eigenvalue weighted by Gasteiger charge is -2.18. The number of sulfonamides is 1. The van der Waals surface area contributed by atoms with Crippen LogP contribution in [0.1, 0.15) is 44.9 Å². The summed E-state index contributed by atoms with van der Waals surface area (Å²) in [6.07, 6.45) is 7.45. The van der Waals surface area contributed by atoms with Crippen molar-refractivity contribution in [1.29, 1.82) is 0 Å². The highest BCUT2D eigenvalue weighted by Gasteiger charge is 2.23. The van der Waals surface area contributed by atoms with Crippen LogP contribution in [0.15, 0.2) is 0 Å². The normalized spacial score (nSPS) is 22.2. The molecule has 0 aliphatic heterocycles. The van der Waals surface area contributed by atoms with Crippen molar-refractivity contribution in [2.45, 2.75) is 50.2 Å². The van der Waals surface area contributed by atoms with E-state index in [-0.39, 0.29) is 5.25 Å². The van der Waals surface area contributed by atoms with Gasteiger partial charge in [-0.2, -0.15) is 0 Å². The van der Waals surface area contributed by atoms with Crippen molar-refractivity contribution < 1.29 is 8.42 Å². The van der Waals surface area contributed by atoms with E-state index >= 15 is 0 Å². The molecule has 0 spiro atoms. The Morgan fingerprint density at radius 1 is 1.00 bits per heavy atom. The Balaban J connectivity index is 2.56. The minimum absolute atomic E-state index is 0.141. The molecule has 0 aromatic carbocycles. The average Bonchev–Trinajstić information content (AvgIpc) is 2.03. The Morgan fingerprint density at radius 3 is 1.92 bits per heavy atom. The first kappa shape index (κ1) is 11.0. The summed E-state index contributed by atoms with van der Waals surface area (Å²) in [6.45, 7) is 0. The van der Waals surface area contributed by atoms with Gasteiger partial charge < -0.3 is 0 Å². The van der Waals surface area contributed by atoms with Crippen LogP contribution in [0, 0.1) is 0 Å². The molecule has 0 bridgehead atoms. The lowest BCUT2D eigenvalue weighted by molar-refractivity contribution is 0.484. The quantitative estimate of drug-likeness (QED) is 0.745. The minimum atomic E-state index is -3.01. The monoisotopic (exact) mass is 205 g/mol. The fraction of sp³-hybridized carbons (Fsp3) is 1.00. The molecule has 1 aliphatic carbocycles. The highest BCUT2D eigenvalue weighted by atomic mass is 32.2. The molecule has 0 atom stereocenters. The van der Waals surface area contributed by atoms with Gasteiger partial charge in [0.25, 0.3) is 0 Å². The van der Waals surface area contributed by atoms with Crippen LogP contribution in [0.4, 0.5) is 0 Å². The second-order valence-corrected chi connectivity index (χ2v) is 5.88. The van der Waals surface area contributed by atoms with Gasteiger partial charge in [-0.05, 0) is 19.9 Å². The maximum Gasteiger partial charge on any atom is 0.214 e. The van der Waals surface area contributed by atoms with E-state index in [1.54, 1.807) is 0 Å². The molecule has 4 heteroatoms. The number of nitrogens with one attached hydrogen (secondary N) is 1. The SMILES string of the molecule is CNS(=O)(=O)C1CCCCCCC1. The maximum atomic E-state index is 11.5. The van der Waals surface area contributed by atoms with Gasteiger partial charge in [-0.15, -0.1) is 0 Å². The van der Waals surface area contributed by atoms with Crippen LogP contribution in [0.2, 0.25) is 0 Å². The predicted molar refractivity (Wildman–Crippen MR) is 54.1 cm³/mol. The Morgan fingerprint density at radius 2 is 1.46 bits per heavy atom. The summed E-state index contributed by atoms with van der Waals surface area (Å²) in [7, 11) is -1.50. The van der Waals surface area contributed by atoms with E-state index in [1.807, 2.05) is 0 Å². The van der Waals surface area contributed by atoms with Gasteiger partial charge in [0.15, 0.2) is 0 Å². The van der Waals surface area contributed by atoms with Gasteiger partial charge in [-0.1, -0.05) is 32.1 Å². The van der Waals surface area contributed by atoms with Crippen molar-refractivity contribution >= 4 is 10.0 Å². The van der Waals surface area contributed by atoms with E-state index in [9.17, 15) is 8.42 Å². The first-order valence-corrected chi connectivity index (χ1v) is 6.64. The standard InChI is InChI=1S/C9H19NO2S/c1-10-13(11,12)9-7-5-3-2-4-6-8-9/h9-10H,2-8H2,1H3. The van der Waals surface area contributed by atoms with E-state index in [4.69, 9.17) is 0 Å². The van der Waals surface area contributed by atoms with Crippen LogP contribution in [0.5, 0.6) is 0 Å². The lowest BCUT2D eigenvalue weighted by Crippen LogP contribution is -2.32. The summed E-state index contributed by atoms with van der Waals surface area (Å²) in [5.74, 6) is 0. The Hall–Kier alpha value is -0.0900. The van der Waals surface area contributed by atoms with Crippen molar-refractivity contribution in [3.63, 3.8) is 0 Å². The third-order valence-corrected chi connectivity index (χ3v) is 4.69. The van der Waals surface area contributed by atoms with Crippen LogP contribution < -0.4 is 4.72 Å². The average molecular weight is 205 g/mol. The molecule has 13 heavy (non-hydrogen) atoms. The third-order valence-electron chi connectivity index (χ3n) is 2.78. The van der Waals surface area contributed by atoms with Crippen molar-refractivity contribution in [2.24, 2.45) is 0 Å². The van der Waals surface area contributed by atoms with Crippen molar-refractivity contribution in [1.82, 2.24) is 4.72 Å². The van der Waals surface area contributed by atoms with Gasteiger partial charge in [0.1, 0.15) is 0 Å². The zero-order valence-corrected chi connectivity index (χ0v) is 9.07. The summed E-state index contributed by atoms with van der Waals surface area (Å²) in [6, 6.07) is 0. The molecule has 0 unspecified atom stereocenters. The molecule has 0 heterocycles. The fourth-order valence-corrected chi connectivity index (χ4v) is 3.18. The van der Waals surface area contributed by atoms with Crippen LogP contribution >= 0.6 is 0 Å². The minimum Gasteiger partial charge on any atom is -0.218 e. The predicted octanol–water partition coefficient (Wildman–Crippen LogP) is 1.65. The van der Waals surface area contributed by atoms with Gasteiger partial charge >= 0.3 is 0 Å². The smallest absolute Gasteiger partial charge is 0.214 e. The van der Waals surface area contributed by atoms with E-state index in [2.05, 4.69) is 4.72 Å². The molecule has 0 aromatic heterocycles. The van der Waals surface area contributed by atoms with Gasteiger partial charge in [-0.25, -0.2) is 13.1 Å². The number of rotatable bonds is 2. The Labute approximate surface area is 81.0 Å². The molecule has 0 radical (unpaired) electrons. The Bertz CT molecular complexity index is 228. The molecular formula is C9H19NO2S. The van der Waals surface area contributed by atoms with Crippen molar-refractivity contribution in [3.05, 3.63) is 0 Å². The summed E-state index contributed by atoms with van der Waals surface area (Å²) >= 11 is 0. The van der Waals surface area contributed by atoms with Gasteiger partial charge in [0.05, 0.1) is 5.25 Å². The molecule has 0 saturated heterocycles. The molecule has 1 N–H and O–H groups in total. The van der Waals surface area contributed by atoms with E-state index in [0.29, 0.717) is 0 Å². The second-order valence-electron chi connectivity index (χ2n) is 3.72. The summed E-state index contributed by atoms with van der Waals surface area (Å²) in [5, 5.41) is -0.141. The number of hydrogen-bond acceptors (Lipinski definition) is 2. The van der Waals surface area contributed by atoms with Crippen LogP contribution in [0.3, 0.4) is 0 Å². The molecular weight excluding hydrogens is 186 g/mol. The van der Waals surface area contributed by atoms with Crippen LogP contribution in [-0.4, -0.2) is 20.7 Å². The Kier molecular flexibility index (Phi) is 4.19. The first-order chi connectivity index (χ1) is 6.17. The molecule has 1 saturated carbocycles. The molecule has 0 amide bonds. The number of hydrogen-bond donors (Lipinski definition) is 1. The zero-order valence-electron chi connectivity index (χ0n) is 8.25. The van der Waals surface area contributed by atoms with Crippen molar-refractivity contribution in [3.8, 4) is 0 Å². The molecule has 3 nitrogen and oxygen atoms in total. The fourth-order valence-electron chi connectivity index (χ4n) is 1.90. The van der Waals surface area contributed by atoms with E-state index in [1.165, 1.54) is 26.3 Å². The topological polar surface area (TPSA) is 46.2 Å². The molecule has 0 aromatic rings. The largest absolute Gasteiger partial charge is 0.218 e. The lowest BCUT2D eigenvalue weighted by atomic mass is 10.0. The first-order valence-electron chi connectivity index (χ1n) is 5.09. The third kappa shape index (κ3) is 3.27.